The van der Waals surface area contributed by atoms with Crippen molar-refractivity contribution in [2.45, 2.75) is 12.5 Å². The average Bonchev–Trinajstić information content (AvgIpc) is 2.59. The van der Waals surface area contributed by atoms with Gasteiger partial charge in [0, 0.05) is 6.54 Å². The summed E-state index contributed by atoms with van der Waals surface area (Å²) in [4.78, 5) is 4.03. The van der Waals surface area contributed by atoms with Crippen LogP contribution in [-0.4, -0.2) is 11.5 Å². The minimum Gasteiger partial charge on any atom is -0.447 e. The highest BCUT2D eigenvalue weighted by atomic mass is 16.3. The lowest BCUT2D eigenvalue weighted by atomic mass is 10.2. The Labute approximate surface area is 58.6 Å². The Hall–Kier alpha value is -0.870. The zero-order valence-corrected chi connectivity index (χ0v) is 5.50. The van der Waals surface area contributed by atoms with E-state index in [1.54, 1.807) is 12.5 Å². The van der Waals surface area contributed by atoms with Crippen LogP contribution >= 0.6 is 0 Å². The van der Waals surface area contributed by atoms with Gasteiger partial charge in [-0.3, -0.25) is 5.43 Å². The first-order chi connectivity index (χ1) is 4.97. The van der Waals surface area contributed by atoms with Crippen molar-refractivity contribution in [1.82, 2.24) is 15.8 Å². The van der Waals surface area contributed by atoms with Gasteiger partial charge in [0.25, 0.3) is 0 Å². The van der Waals surface area contributed by atoms with Gasteiger partial charge in [0.2, 0.25) is 5.89 Å². The smallest absolute Gasteiger partial charge is 0.212 e. The summed E-state index contributed by atoms with van der Waals surface area (Å²) < 4.78 is 5.10. The van der Waals surface area contributed by atoms with Crippen molar-refractivity contribution in [1.29, 1.82) is 0 Å². The van der Waals surface area contributed by atoms with Crippen LogP contribution in [0.1, 0.15) is 18.4 Å². The third-order valence-electron chi connectivity index (χ3n) is 1.58. The van der Waals surface area contributed by atoms with Crippen LogP contribution in [0.4, 0.5) is 0 Å². The van der Waals surface area contributed by atoms with Crippen molar-refractivity contribution >= 4 is 0 Å². The zero-order chi connectivity index (χ0) is 6.81. The molecule has 1 atom stereocenters. The van der Waals surface area contributed by atoms with E-state index in [-0.39, 0.29) is 6.04 Å². The van der Waals surface area contributed by atoms with E-state index in [0.717, 1.165) is 18.9 Å². The van der Waals surface area contributed by atoms with Crippen LogP contribution in [0.5, 0.6) is 0 Å². The van der Waals surface area contributed by atoms with E-state index in [2.05, 4.69) is 15.8 Å². The first-order valence-corrected chi connectivity index (χ1v) is 3.34. The summed E-state index contributed by atoms with van der Waals surface area (Å²) in [6, 6.07) is 0.259. The van der Waals surface area contributed by atoms with Crippen LogP contribution in [0.15, 0.2) is 16.9 Å². The maximum absolute atomic E-state index is 5.10. The van der Waals surface area contributed by atoms with Crippen LogP contribution in [0, 0.1) is 0 Å². The minimum atomic E-state index is 0.259. The SMILES string of the molecule is c1coc(C2CCNN2)n1. The molecule has 0 bridgehead atoms. The molecule has 1 aliphatic rings. The first-order valence-electron chi connectivity index (χ1n) is 3.34. The Balaban J connectivity index is 2.12. The number of hydrogen-bond acceptors (Lipinski definition) is 4. The number of nitrogens with one attached hydrogen (secondary N) is 2. The van der Waals surface area contributed by atoms with Gasteiger partial charge in [-0.25, -0.2) is 10.4 Å². The van der Waals surface area contributed by atoms with Crippen LogP contribution in [0.3, 0.4) is 0 Å². The van der Waals surface area contributed by atoms with Crippen molar-refractivity contribution in [2.24, 2.45) is 0 Å². The van der Waals surface area contributed by atoms with Crippen molar-refractivity contribution in [3.8, 4) is 0 Å². The monoisotopic (exact) mass is 139 g/mol. The van der Waals surface area contributed by atoms with Crippen LogP contribution in [0.2, 0.25) is 0 Å². The van der Waals surface area contributed by atoms with Gasteiger partial charge in [-0.15, -0.1) is 0 Å². The number of oxazole rings is 1. The van der Waals surface area contributed by atoms with Crippen LogP contribution < -0.4 is 10.9 Å². The molecule has 10 heavy (non-hydrogen) atoms. The molecule has 0 aromatic carbocycles. The predicted molar refractivity (Wildman–Crippen MR) is 35.0 cm³/mol. The van der Waals surface area contributed by atoms with Gasteiger partial charge in [-0.05, 0) is 6.42 Å². The molecule has 4 nitrogen and oxygen atoms in total. The van der Waals surface area contributed by atoms with E-state index in [9.17, 15) is 0 Å². The molecule has 1 aliphatic heterocycles. The summed E-state index contributed by atoms with van der Waals surface area (Å²) in [5, 5.41) is 0. The summed E-state index contributed by atoms with van der Waals surface area (Å²) in [5.41, 5.74) is 6.06. The average molecular weight is 139 g/mol. The maximum atomic E-state index is 5.10. The van der Waals surface area contributed by atoms with Gasteiger partial charge >= 0.3 is 0 Å². The molecule has 1 aromatic heterocycles. The van der Waals surface area contributed by atoms with Crippen molar-refractivity contribution < 1.29 is 4.42 Å². The van der Waals surface area contributed by atoms with Crippen molar-refractivity contribution in [3.05, 3.63) is 18.4 Å². The molecule has 0 amide bonds. The molecule has 1 aromatic rings. The fourth-order valence-electron chi connectivity index (χ4n) is 1.08. The highest BCUT2D eigenvalue weighted by Crippen LogP contribution is 2.15. The predicted octanol–water partition coefficient (Wildman–Crippen LogP) is 0.214. The molecule has 2 heterocycles. The summed E-state index contributed by atoms with van der Waals surface area (Å²) in [6.45, 7) is 0.979. The molecule has 54 valence electrons. The third kappa shape index (κ3) is 0.913. The third-order valence-corrected chi connectivity index (χ3v) is 1.58. The van der Waals surface area contributed by atoms with Gasteiger partial charge in [0.1, 0.15) is 6.26 Å². The Kier molecular flexibility index (Phi) is 1.41. The van der Waals surface area contributed by atoms with E-state index in [0.29, 0.717) is 0 Å². The van der Waals surface area contributed by atoms with E-state index in [1.807, 2.05) is 0 Å². The molecule has 0 radical (unpaired) electrons. The molecular weight excluding hydrogens is 130 g/mol. The lowest BCUT2D eigenvalue weighted by molar-refractivity contribution is 0.418. The Bertz CT molecular complexity index is 191. The fourth-order valence-corrected chi connectivity index (χ4v) is 1.08. The number of hydrazine groups is 1. The molecule has 0 spiro atoms. The molecule has 1 unspecified atom stereocenters. The lowest BCUT2D eigenvalue weighted by Gasteiger charge is -2.01. The molecule has 1 fully saturated rings. The number of hydrogen-bond donors (Lipinski definition) is 2. The molecule has 0 aliphatic carbocycles. The highest BCUT2D eigenvalue weighted by Gasteiger charge is 2.18. The summed E-state index contributed by atoms with van der Waals surface area (Å²) >= 11 is 0. The zero-order valence-electron chi connectivity index (χ0n) is 5.50. The molecular formula is C6H9N3O. The summed E-state index contributed by atoms with van der Waals surface area (Å²) in [6.07, 6.45) is 4.30. The minimum absolute atomic E-state index is 0.259. The van der Waals surface area contributed by atoms with Gasteiger partial charge in [0.05, 0.1) is 12.2 Å². The highest BCUT2D eigenvalue weighted by molar-refractivity contribution is 4.91. The second kappa shape index (κ2) is 2.40. The van der Waals surface area contributed by atoms with Gasteiger partial charge < -0.3 is 4.42 Å². The standard InChI is InChI=1S/C6H9N3O/c1-2-8-9-5(1)6-7-3-4-10-6/h3-5,8-9H,1-2H2. The molecule has 4 heteroatoms. The van der Waals surface area contributed by atoms with E-state index in [1.165, 1.54) is 0 Å². The van der Waals surface area contributed by atoms with Crippen molar-refractivity contribution in [3.63, 3.8) is 0 Å². The molecule has 2 rings (SSSR count). The fraction of sp³-hybridized carbons (Fsp3) is 0.500. The maximum Gasteiger partial charge on any atom is 0.212 e. The Morgan fingerprint density at radius 2 is 2.70 bits per heavy atom. The lowest BCUT2D eigenvalue weighted by Crippen LogP contribution is -2.24. The topological polar surface area (TPSA) is 50.1 Å². The largest absolute Gasteiger partial charge is 0.447 e. The second-order valence-electron chi connectivity index (χ2n) is 2.28. The normalized spacial score (nSPS) is 25.4. The van der Waals surface area contributed by atoms with E-state index in [4.69, 9.17) is 4.42 Å². The van der Waals surface area contributed by atoms with E-state index >= 15 is 0 Å². The van der Waals surface area contributed by atoms with Gasteiger partial charge in [0.15, 0.2) is 0 Å². The van der Waals surface area contributed by atoms with Crippen LogP contribution in [0.25, 0.3) is 0 Å². The van der Waals surface area contributed by atoms with E-state index < -0.39 is 0 Å². The summed E-state index contributed by atoms with van der Waals surface area (Å²) in [5.74, 6) is 0.769. The number of rotatable bonds is 1. The first kappa shape index (κ1) is 5.88. The Morgan fingerprint density at radius 3 is 3.30 bits per heavy atom. The van der Waals surface area contributed by atoms with Gasteiger partial charge in [-0.2, -0.15) is 0 Å². The molecule has 1 saturated heterocycles. The second-order valence-corrected chi connectivity index (χ2v) is 2.28. The van der Waals surface area contributed by atoms with Crippen LogP contribution in [-0.2, 0) is 0 Å². The quantitative estimate of drug-likeness (QED) is 0.584. The van der Waals surface area contributed by atoms with Gasteiger partial charge in [-0.1, -0.05) is 0 Å². The molecule has 2 N–H and O–H groups in total. The number of nitrogens with zero attached hydrogens (tertiary/aromatic N) is 1. The van der Waals surface area contributed by atoms with Crippen molar-refractivity contribution in [2.75, 3.05) is 6.54 Å². The molecule has 0 saturated carbocycles. The Morgan fingerprint density at radius 1 is 1.70 bits per heavy atom. The summed E-state index contributed by atoms with van der Waals surface area (Å²) in [7, 11) is 0. The number of aromatic nitrogens is 1.